The Hall–Kier alpha value is -2.84. The number of rotatable bonds is 4. The van der Waals surface area contributed by atoms with Crippen LogP contribution in [0, 0.1) is 5.82 Å². The number of aromatic nitrogens is 1. The third kappa shape index (κ3) is 3.49. The summed E-state index contributed by atoms with van der Waals surface area (Å²) in [4.78, 5) is 12.6. The largest absolute Gasteiger partial charge is 0.345 e. The number of hydrogen-bond donors (Lipinski definition) is 1. The summed E-state index contributed by atoms with van der Waals surface area (Å²) < 4.78 is 42.4. The van der Waals surface area contributed by atoms with Crippen molar-refractivity contribution in [3.63, 3.8) is 0 Å². The predicted molar refractivity (Wildman–Crippen MR) is 109 cm³/mol. The van der Waals surface area contributed by atoms with Crippen molar-refractivity contribution in [3.8, 4) is 0 Å². The first-order valence-electron chi connectivity index (χ1n) is 8.81. The molecule has 1 aliphatic rings. The number of anilines is 2. The number of sulfonamides is 1. The maximum Gasteiger partial charge on any atom is 0.272 e. The molecule has 2 aromatic carbocycles. The van der Waals surface area contributed by atoms with Gasteiger partial charge in [0.05, 0.1) is 10.7 Å². The Morgan fingerprint density at radius 3 is 2.69 bits per heavy atom. The van der Waals surface area contributed by atoms with Crippen molar-refractivity contribution >= 4 is 38.9 Å². The molecule has 1 N–H and O–H groups in total. The van der Waals surface area contributed by atoms with Crippen molar-refractivity contribution in [2.45, 2.75) is 11.3 Å². The number of hydrogen-bond acceptors (Lipinski definition) is 3. The molecule has 0 atom stereocenters. The van der Waals surface area contributed by atoms with Gasteiger partial charge in [0.15, 0.2) is 0 Å². The molecule has 0 fully saturated rings. The molecule has 4 rings (SSSR count). The predicted octanol–water partition coefficient (Wildman–Crippen LogP) is 3.82. The molecular weight excluding hydrogens is 417 g/mol. The van der Waals surface area contributed by atoms with E-state index in [1.807, 2.05) is 12.1 Å². The van der Waals surface area contributed by atoms with Crippen molar-refractivity contribution < 1.29 is 17.6 Å². The minimum Gasteiger partial charge on any atom is -0.345 e. The number of halogens is 2. The molecule has 0 spiro atoms. The molecule has 9 heteroatoms. The highest BCUT2D eigenvalue weighted by Gasteiger charge is 2.32. The molecule has 3 aromatic rings. The monoisotopic (exact) mass is 433 g/mol. The lowest BCUT2D eigenvalue weighted by Gasteiger charge is -2.18. The van der Waals surface area contributed by atoms with E-state index in [2.05, 4.69) is 5.32 Å². The van der Waals surface area contributed by atoms with Crippen LogP contribution in [0.5, 0.6) is 0 Å². The molecule has 0 radical (unpaired) electrons. The van der Waals surface area contributed by atoms with Gasteiger partial charge in [-0.05, 0) is 42.3 Å². The van der Waals surface area contributed by atoms with Crippen LogP contribution in [0.1, 0.15) is 16.1 Å². The van der Waals surface area contributed by atoms with Gasteiger partial charge in [0.25, 0.3) is 15.9 Å². The summed E-state index contributed by atoms with van der Waals surface area (Å²) in [6, 6.07) is 12.5. The Bertz CT molecular complexity index is 1220. The second kappa shape index (κ2) is 7.20. The van der Waals surface area contributed by atoms with Crippen LogP contribution in [0.3, 0.4) is 0 Å². The zero-order chi connectivity index (χ0) is 20.8. The first-order valence-corrected chi connectivity index (χ1v) is 10.6. The summed E-state index contributed by atoms with van der Waals surface area (Å²) in [6.45, 7) is 0.353. The Morgan fingerprint density at radius 2 is 1.93 bits per heavy atom. The molecule has 0 bridgehead atoms. The van der Waals surface area contributed by atoms with Crippen molar-refractivity contribution in [1.82, 2.24) is 4.57 Å². The molecule has 1 aromatic heterocycles. The Balaban J connectivity index is 1.62. The van der Waals surface area contributed by atoms with Gasteiger partial charge >= 0.3 is 0 Å². The van der Waals surface area contributed by atoms with E-state index in [0.717, 1.165) is 11.6 Å². The summed E-state index contributed by atoms with van der Waals surface area (Å²) in [5.74, 6) is -1.12. The SMILES string of the molecule is Cn1cc(S(=O)(=O)N2CCc3ccccc32)cc1C(=O)Nc1ccc(F)c(Cl)c1. The maximum atomic E-state index is 13.3. The first-order chi connectivity index (χ1) is 13.8. The number of para-hydroxylation sites is 1. The van der Waals surface area contributed by atoms with E-state index >= 15 is 0 Å². The average molecular weight is 434 g/mol. The van der Waals surface area contributed by atoms with Crippen LogP contribution in [0.4, 0.5) is 15.8 Å². The lowest BCUT2D eigenvalue weighted by molar-refractivity contribution is 0.101. The summed E-state index contributed by atoms with van der Waals surface area (Å²) in [5.41, 5.74) is 2.08. The highest BCUT2D eigenvalue weighted by atomic mass is 35.5. The van der Waals surface area contributed by atoms with Gasteiger partial charge in [0.2, 0.25) is 0 Å². The van der Waals surface area contributed by atoms with Crippen molar-refractivity contribution in [3.05, 3.63) is 76.8 Å². The van der Waals surface area contributed by atoms with Crippen LogP contribution in [-0.2, 0) is 23.5 Å². The average Bonchev–Trinajstić information content (AvgIpc) is 3.29. The van der Waals surface area contributed by atoms with Crippen molar-refractivity contribution in [2.75, 3.05) is 16.2 Å². The van der Waals surface area contributed by atoms with E-state index in [1.165, 1.54) is 33.3 Å². The zero-order valence-corrected chi connectivity index (χ0v) is 17.0. The number of nitrogens with zero attached hydrogens (tertiary/aromatic N) is 2. The minimum absolute atomic E-state index is 0.0268. The van der Waals surface area contributed by atoms with Gasteiger partial charge in [0.1, 0.15) is 16.4 Å². The molecule has 2 heterocycles. The van der Waals surface area contributed by atoms with Crippen LogP contribution >= 0.6 is 11.6 Å². The van der Waals surface area contributed by atoms with E-state index in [-0.39, 0.29) is 15.6 Å². The fourth-order valence-corrected chi connectivity index (χ4v) is 5.11. The van der Waals surface area contributed by atoms with Gasteiger partial charge in [-0.2, -0.15) is 0 Å². The minimum atomic E-state index is -3.81. The lowest BCUT2D eigenvalue weighted by Crippen LogP contribution is -2.28. The first kappa shape index (κ1) is 19.5. The van der Waals surface area contributed by atoms with Crippen molar-refractivity contribution in [1.29, 1.82) is 0 Å². The smallest absolute Gasteiger partial charge is 0.272 e. The van der Waals surface area contributed by atoms with Gasteiger partial charge < -0.3 is 9.88 Å². The maximum absolute atomic E-state index is 13.3. The molecule has 0 saturated carbocycles. The summed E-state index contributed by atoms with van der Waals surface area (Å²) in [5, 5.41) is 2.48. The molecule has 150 valence electrons. The quantitative estimate of drug-likeness (QED) is 0.679. The third-order valence-corrected chi connectivity index (χ3v) is 6.89. The molecule has 1 aliphatic heterocycles. The van der Waals surface area contributed by atoms with Gasteiger partial charge in [-0.25, -0.2) is 12.8 Å². The number of nitrogens with one attached hydrogen (secondary N) is 1. The second-order valence-corrected chi connectivity index (χ2v) is 8.98. The topological polar surface area (TPSA) is 71.4 Å². The highest BCUT2D eigenvalue weighted by molar-refractivity contribution is 7.92. The number of carbonyl (C=O) groups is 1. The lowest BCUT2D eigenvalue weighted by atomic mass is 10.2. The molecule has 0 aliphatic carbocycles. The third-order valence-electron chi connectivity index (χ3n) is 4.82. The highest BCUT2D eigenvalue weighted by Crippen LogP contribution is 2.33. The van der Waals surface area contributed by atoms with Crippen LogP contribution < -0.4 is 9.62 Å². The van der Waals surface area contributed by atoms with Gasteiger partial charge in [-0.15, -0.1) is 0 Å². The van der Waals surface area contributed by atoms with Gasteiger partial charge in [-0.1, -0.05) is 29.8 Å². The molecule has 6 nitrogen and oxygen atoms in total. The number of benzene rings is 2. The van der Waals surface area contributed by atoms with Crippen LogP contribution in [0.2, 0.25) is 5.02 Å². The number of amides is 1. The fourth-order valence-electron chi connectivity index (χ4n) is 3.35. The number of fused-ring (bicyclic) bond motifs is 1. The molecule has 0 saturated heterocycles. The molecule has 0 unspecified atom stereocenters. The molecule has 1 amide bonds. The fraction of sp³-hybridized carbons (Fsp3) is 0.150. The zero-order valence-electron chi connectivity index (χ0n) is 15.4. The van der Waals surface area contributed by atoms with E-state index in [1.54, 1.807) is 19.2 Å². The van der Waals surface area contributed by atoms with Crippen LogP contribution in [0.15, 0.2) is 59.6 Å². The standard InChI is InChI=1S/C20H17ClFN3O3S/c1-24-12-15(29(27,28)25-9-8-13-4-2-3-5-18(13)25)11-19(24)20(26)23-14-6-7-17(22)16(21)10-14/h2-7,10-12H,8-9H2,1H3,(H,23,26). The Kier molecular flexibility index (Phi) is 4.84. The summed E-state index contributed by atoms with van der Waals surface area (Å²) in [7, 11) is -2.22. The Labute approximate surface area is 172 Å². The molecular formula is C20H17ClFN3O3S. The van der Waals surface area contributed by atoms with Crippen molar-refractivity contribution in [2.24, 2.45) is 7.05 Å². The number of carbonyl (C=O) groups excluding carboxylic acids is 1. The van der Waals surface area contributed by atoms with E-state index < -0.39 is 21.7 Å². The summed E-state index contributed by atoms with van der Waals surface area (Å²) in [6.07, 6.45) is 2.05. The molecule has 29 heavy (non-hydrogen) atoms. The Morgan fingerprint density at radius 1 is 1.17 bits per heavy atom. The van der Waals surface area contributed by atoms with E-state index in [0.29, 0.717) is 24.3 Å². The van der Waals surface area contributed by atoms with Crippen LogP contribution in [-0.4, -0.2) is 25.4 Å². The van der Waals surface area contributed by atoms with Gasteiger partial charge in [0, 0.05) is 25.5 Å². The van der Waals surface area contributed by atoms with Gasteiger partial charge in [-0.3, -0.25) is 9.10 Å². The van der Waals surface area contributed by atoms with E-state index in [4.69, 9.17) is 11.6 Å². The number of aryl methyl sites for hydroxylation is 1. The van der Waals surface area contributed by atoms with E-state index in [9.17, 15) is 17.6 Å². The van der Waals surface area contributed by atoms with Crippen LogP contribution in [0.25, 0.3) is 0 Å². The summed E-state index contributed by atoms with van der Waals surface area (Å²) >= 11 is 5.74. The normalized spacial score (nSPS) is 13.4. The second-order valence-electron chi connectivity index (χ2n) is 6.71.